The molecule has 13 heavy (non-hydrogen) atoms. The summed E-state index contributed by atoms with van der Waals surface area (Å²) in [5.74, 6) is -1.48. The third-order valence-corrected chi connectivity index (χ3v) is 3.45. The van der Waals surface area contributed by atoms with Gasteiger partial charge in [0, 0.05) is 0 Å². The topological polar surface area (TPSA) is 104 Å². The molecule has 78 valence electrons. The molecule has 0 bridgehead atoms. The van der Waals surface area contributed by atoms with E-state index in [1.807, 2.05) is 0 Å². The van der Waals surface area contributed by atoms with Crippen LogP contribution in [0.15, 0.2) is 0 Å². The van der Waals surface area contributed by atoms with Crippen molar-refractivity contribution in [3.63, 3.8) is 0 Å². The summed E-state index contributed by atoms with van der Waals surface area (Å²) in [5.41, 5.74) is 0. The van der Waals surface area contributed by atoms with Gasteiger partial charge >= 0.3 is 5.97 Å². The average molecular weight is 211 g/mol. The summed E-state index contributed by atoms with van der Waals surface area (Å²) in [6.07, 6.45) is 0. The smallest absolute Gasteiger partial charge is 0.317 e. The monoisotopic (exact) mass is 211 g/mol. The lowest BCUT2D eigenvalue weighted by molar-refractivity contribution is -0.135. The van der Waals surface area contributed by atoms with E-state index >= 15 is 0 Å². The Balaban J connectivity index is 4.09. The lowest BCUT2D eigenvalue weighted by Gasteiger charge is -2.11. The molecule has 0 aliphatic rings. The molecule has 0 aliphatic carbocycles. The molecule has 0 rings (SSSR count). The molecular weight excluding hydrogens is 198 g/mol. The summed E-state index contributed by atoms with van der Waals surface area (Å²) >= 11 is 0. The van der Waals surface area contributed by atoms with Crippen LogP contribution < -0.4 is 5.32 Å². The number of rotatable bonds is 6. The number of hydrogen-bond acceptors (Lipinski definition) is 5. The van der Waals surface area contributed by atoms with E-state index < -0.39 is 34.3 Å². The number of nitrogens with one attached hydrogen (secondary N) is 1. The molecule has 6 nitrogen and oxygen atoms in total. The fourth-order valence-corrected chi connectivity index (χ4v) is 1.61. The molecule has 0 fully saturated rings. The minimum absolute atomic E-state index is 0.360. The Morgan fingerprint density at radius 2 is 2.08 bits per heavy atom. The molecule has 3 N–H and O–H groups in total. The van der Waals surface area contributed by atoms with Gasteiger partial charge in [-0.15, -0.1) is 0 Å². The van der Waals surface area contributed by atoms with Crippen LogP contribution in [0.4, 0.5) is 0 Å². The number of aliphatic hydroxyl groups excluding tert-OH is 1. The van der Waals surface area contributed by atoms with Crippen molar-refractivity contribution in [2.75, 3.05) is 18.9 Å². The molecule has 0 aromatic heterocycles. The van der Waals surface area contributed by atoms with Crippen molar-refractivity contribution < 1.29 is 23.4 Å². The van der Waals surface area contributed by atoms with Gasteiger partial charge in [-0.2, -0.15) is 0 Å². The maximum atomic E-state index is 11.1. The van der Waals surface area contributed by atoms with Gasteiger partial charge in [-0.1, -0.05) is 0 Å². The molecular formula is C6H13NO5S. The van der Waals surface area contributed by atoms with Crippen molar-refractivity contribution in [1.29, 1.82) is 0 Å². The standard InChI is InChI=1S/C6H13NO5S/c1-5(7-4-6(9)10)13(11,12)3-2-8/h5,7-8H,2-4H2,1H3,(H,9,10). The highest BCUT2D eigenvalue weighted by molar-refractivity contribution is 7.91. The first-order chi connectivity index (χ1) is 5.90. The second kappa shape index (κ2) is 5.15. The maximum absolute atomic E-state index is 11.1. The third kappa shape index (κ3) is 4.81. The largest absolute Gasteiger partial charge is 0.480 e. The van der Waals surface area contributed by atoms with Gasteiger partial charge in [-0.25, -0.2) is 8.42 Å². The Kier molecular flexibility index (Phi) is 4.89. The maximum Gasteiger partial charge on any atom is 0.317 e. The number of carboxylic acids is 1. The van der Waals surface area contributed by atoms with Gasteiger partial charge in [0.15, 0.2) is 9.84 Å². The molecule has 1 unspecified atom stereocenters. The van der Waals surface area contributed by atoms with Crippen LogP contribution in [0.2, 0.25) is 0 Å². The second-order valence-electron chi connectivity index (χ2n) is 2.51. The van der Waals surface area contributed by atoms with Gasteiger partial charge in [0.25, 0.3) is 0 Å². The molecule has 0 saturated carbocycles. The third-order valence-electron chi connectivity index (χ3n) is 1.46. The van der Waals surface area contributed by atoms with Crippen molar-refractivity contribution in [3.8, 4) is 0 Å². The lowest BCUT2D eigenvalue weighted by Crippen LogP contribution is -2.39. The van der Waals surface area contributed by atoms with Crippen LogP contribution in [0.5, 0.6) is 0 Å². The molecule has 0 radical (unpaired) electrons. The molecule has 0 spiro atoms. The summed E-state index contributed by atoms with van der Waals surface area (Å²) < 4.78 is 22.3. The summed E-state index contributed by atoms with van der Waals surface area (Å²) in [6, 6.07) is 0. The van der Waals surface area contributed by atoms with Crippen molar-refractivity contribution in [2.45, 2.75) is 12.3 Å². The summed E-state index contributed by atoms with van der Waals surface area (Å²) in [4.78, 5) is 10.1. The Morgan fingerprint density at radius 3 is 2.46 bits per heavy atom. The van der Waals surface area contributed by atoms with Crippen LogP contribution in [0, 0.1) is 0 Å². The highest BCUT2D eigenvalue weighted by Crippen LogP contribution is 1.97. The highest BCUT2D eigenvalue weighted by Gasteiger charge is 2.19. The van der Waals surface area contributed by atoms with Gasteiger partial charge < -0.3 is 10.2 Å². The molecule has 0 aromatic rings. The van der Waals surface area contributed by atoms with E-state index in [0.29, 0.717) is 0 Å². The van der Waals surface area contributed by atoms with Crippen LogP contribution in [0.3, 0.4) is 0 Å². The van der Waals surface area contributed by atoms with E-state index in [-0.39, 0.29) is 5.75 Å². The van der Waals surface area contributed by atoms with Crippen LogP contribution in [-0.2, 0) is 14.6 Å². The zero-order valence-electron chi connectivity index (χ0n) is 7.23. The van der Waals surface area contributed by atoms with E-state index in [9.17, 15) is 13.2 Å². The zero-order chi connectivity index (χ0) is 10.5. The van der Waals surface area contributed by atoms with Crippen molar-refractivity contribution >= 4 is 15.8 Å². The van der Waals surface area contributed by atoms with E-state index in [1.165, 1.54) is 6.92 Å². The molecule has 7 heteroatoms. The molecule has 0 heterocycles. The van der Waals surface area contributed by atoms with Crippen molar-refractivity contribution in [1.82, 2.24) is 5.32 Å². The van der Waals surface area contributed by atoms with Crippen LogP contribution in [0.25, 0.3) is 0 Å². The van der Waals surface area contributed by atoms with Gasteiger partial charge in [-0.3, -0.25) is 10.1 Å². The Bertz CT molecular complexity index is 260. The summed E-state index contributed by atoms with van der Waals surface area (Å²) in [5, 5.41) is 18.0. The first kappa shape index (κ1) is 12.3. The number of hydrogen-bond donors (Lipinski definition) is 3. The van der Waals surface area contributed by atoms with Crippen molar-refractivity contribution in [2.24, 2.45) is 0 Å². The van der Waals surface area contributed by atoms with Crippen LogP contribution in [0.1, 0.15) is 6.92 Å². The predicted molar refractivity (Wildman–Crippen MR) is 46.0 cm³/mol. The number of carbonyl (C=O) groups is 1. The molecule has 0 saturated heterocycles. The number of carboxylic acid groups (broad SMARTS) is 1. The number of aliphatic hydroxyl groups is 1. The van der Waals surface area contributed by atoms with Gasteiger partial charge in [-0.05, 0) is 6.92 Å². The van der Waals surface area contributed by atoms with Crippen molar-refractivity contribution in [3.05, 3.63) is 0 Å². The van der Waals surface area contributed by atoms with E-state index in [4.69, 9.17) is 10.2 Å². The fourth-order valence-electron chi connectivity index (χ4n) is 0.662. The van der Waals surface area contributed by atoms with Gasteiger partial charge in [0.05, 0.1) is 18.9 Å². The summed E-state index contributed by atoms with van der Waals surface area (Å²) in [6.45, 7) is 0.473. The van der Waals surface area contributed by atoms with E-state index in [2.05, 4.69) is 5.32 Å². The minimum atomic E-state index is -3.43. The normalized spacial score (nSPS) is 14.0. The molecule has 0 aliphatic heterocycles. The van der Waals surface area contributed by atoms with Crippen LogP contribution in [-0.4, -0.2) is 48.9 Å². The molecule has 0 aromatic carbocycles. The van der Waals surface area contributed by atoms with Crippen LogP contribution >= 0.6 is 0 Å². The number of sulfone groups is 1. The zero-order valence-corrected chi connectivity index (χ0v) is 8.04. The SMILES string of the molecule is CC(NCC(=O)O)S(=O)(=O)CCO. The highest BCUT2D eigenvalue weighted by atomic mass is 32.2. The Labute approximate surface area is 76.5 Å². The second-order valence-corrected chi connectivity index (χ2v) is 4.95. The summed E-state index contributed by atoms with van der Waals surface area (Å²) in [7, 11) is -3.43. The molecule has 1 atom stereocenters. The Morgan fingerprint density at radius 1 is 1.54 bits per heavy atom. The average Bonchev–Trinajstić information content (AvgIpc) is 1.99. The minimum Gasteiger partial charge on any atom is -0.480 e. The predicted octanol–water partition coefficient (Wildman–Crippen LogP) is -1.59. The fraction of sp³-hybridized carbons (Fsp3) is 0.833. The quantitative estimate of drug-likeness (QED) is 0.489. The van der Waals surface area contributed by atoms with Gasteiger partial charge in [0.1, 0.15) is 5.37 Å². The van der Waals surface area contributed by atoms with E-state index in [0.717, 1.165) is 0 Å². The first-order valence-electron chi connectivity index (χ1n) is 3.67. The first-order valence-corrected chi connectivity index (χ1v) is 5.39. The Hall–Kier alpha value is -0.660. The van der Waals surface area contributed by atoms with E-state index in [1.54, 1.807) is 0 Å². The molecule has 0 amide bonds. The lowest BCUT2D eigenvalue weighted by atomic mass is 10.6. The number of aliphatic carboxylic acids is 1. The van der Waals surface area contributed by atoms with Gasteiger partial charge in [0.2, 0.25) is 0 Å².